The Kier molecular flexibility index (Phi) is 27.1. The first-order valence-electron chi connectivity index (χ1n) is 52.0. The van der Waals surface area contributed by atoms with Gasteiger partial charge in [0.05, 0.1) is 79.4 Å². The second-order valence-corrected chi connectivity index (χ2v) is 42.1. The van der Waals surface area contributed by atoms with Gasteiger partial charge in [0.1, 0.15) is 19.0 Å². The molecule has 31 nitrogen and oxygen atoms in total. The highest BCUT2D eigenvalue weighted by Crippen LogP contribution is 2.47. The fourth-order valence-electron chi connectivity index (χ4n) is 23.4. The van der Waals surface area contributed by atoms with E-state index in [1.807, 2.05) is 123 Å². The van der Waals surface area contributed by atoms with Crippen LogP contribution in [0.15, 0.2) is 235 Å². The number of pyridine rings is 3. The van der Waals surface area contributed by atoms with Crippen molar-refractivity contribution in [3.05, 3.63) is 292 Å². The van der Waals surface area contributed by atoms with Crippen molar-refractivity contribution in [2.75, 3.05) is 139 Å². The van der Waals surface area contributed by atoms with Crippen LogP contribution in [-0.4, -0.2) is 272 Å². The first-order valence-corrected chi connectivity index (χ1v) is 52.0. The minimum atomic E-state index is -0.462. The van der Waals surface area contributed by atoms with Gasteiger partial charge < -0.3 is 38.9 Å². The van der Waals surface area contributed by atoms with Crippen LogP contribution in [0.2, 0.25) is 0 Å². The van der Waals surface area contributed by atoms with Gasteiger partial charge >= 0.3 is 0 Å². The third-order valence-electron chi connectivity index (χ3n) is 31.3. The molecule has 3 spiro atoms. The van der Waals surface area contributed by atoms with E-state index in [1.54, 1.807) is 33.0 Å². The van der Waals surface area contributed by atoms with Crippen molar-refractivity contribution >= 4 is 80.5 Å². The summed E-state index contributed by atoms with van der Waals surface area (Å²) in [4.78, 5) is 129. The fourth-order valence-corrected chi connectivity index (χ4v) is 23.4. The number of aryl methyl sites for hydroxylation is 4. The molecule has 0 saturated carbocycles. The summed E-state index contributed by atoms with van der Waals surface area (Å²) in [5.74, 6) is 4.25. The van der Waals surface area contributed by atoms with E-state index in [2.05, 4.69) is 223 Å². The van der Waals surface area contributed by atoms with E-state index >= 15 is 0 Å². The van der Waals surface area contributed by atoms with E-state index in [0.717, 1.165) is 200 Å². The van der Waals surface area contributed by atoms with E-state index in [4.69, 9.17) is 24.5 Å². The predicted octanol–water partition coefficient (Wildman–Crippen LogP) is 14.7. The van der Waals surface area contributed by atoms with Crippen molar-refractivity contribution < 1.29 is 33.4 Å². The van der Waals surface area contributed by atoms with E-state index in [-0.39, 0.29) is 47.2 Å². The van der Waals surface area contributed by atoms with Gasteiger partial charge in [-0.1, -0.05) is 109 Å². The SMILES string of the molecule is CC(C)Oc1ccc(C2=NCc3ccc(N4CCC5(CCN(CC(=O)N6CC=C(c7ccc(-c8ncn(C)n8)cc7)CC6)C5)C4)cc32)cn1.CC(C)Oc1ccc(C2=NCc3ccc(N4CCCC5(CCN(CC(=O)N6CC=C(c7ccc(-c8ncn(C)n8)cc7)CC6)C5)C4=O)cc32)cn1.Cc1cc(C2=NCc3ccc(N4CCC5(CCN(CC(=O)N6CC=C(c7ccc(-c8ncn(C)n8)cc7)CC6)C5)C4=O)cc32)ccn1. The molecule has 12 aliphatic heterocycles. The molecule has 0 radical (unpaired) electrons. The summed E-state index contributed by atoms with van der Waals surface area (Å²) >= 11 is 0. The highest BCUT2D eigenvalue weighted by Gasteiger charge is 2.53. The molecule has 24 rings (SSSR count). The number of carbonyl (C=O) groups excluding carboxylic acids is 5. The van der Waals surface area contributed by atoms with Crippen LogP contribution in [0, 0.1) is 23.2 Å². The van der Waals surface area contributed by atoms with Crippen molar-refractivity contribution in [3.63, 3.8) is 0 Å². The lowest BCUT2D eigenvalue weighted by molar-refractivity contribution is -0.133. The lowest BCUT2D eigenvalue weighted by atomic mass is 9.78. The van der Waals surface area contributed by atoms with Gasteiger partial charge in [-0.25, -0.2) is 24.9 Å². The minimum Gasteiger partial charge on any atom is -0.475 e. The van der Waals surface area contributed by atoms with Crippen molar-refractivity contribution in [3.8, 4) is 45.9 Å². The highest BCUT2D eigenvalue weighted by molar-refractivity contribution is 6.18. The molecule has 0 bridgehead atoms. The van der Waals surface area contributed by atoms with Crippen molar-refractivity contribution in [2.45, 2.75) is 131 Å². The molecule has 6 aromatic heterocycles. The van der Waals surface area contributed by atoms with Gasteiger partial charge in [0, 0.05) is 215 Å². The van der Waals surface area contributed by atoms with Gasteiger partial charge in [-0.05, 0) is 229 Å². The second-order valence-electron chi connectivity index (χ2n) is 42.1. The zero-order chi connectivity index (χ0) is 101. The molecule has 0 aliphatic carbocycles. The molecule has 5 amide bonds. The number of anilines is 3. The number of nitrogens with zero attached hydrogens (tertiary/aromatic N) is 24. The molecule has 12 aromatic rings. The van der Waals surface area contributed by atoms with E-state index in [9.17, 15) is 24.0 Å². The fraction of sp³-hybridized carbons (Fsp3) is 0.388. The monoisotopic (exact) mass is 1970 g/mol. The molecule has 147 heavy (non-hydrogen) atoms. The Hall–Kier alpha value is -15.0. The standard InChI is InChI=1S/C40H44N8O3.C39H44N8O2.C37H38N8O2/c1-27(2)51-35-12-10-32(23-41-35)37-34-21-33(11-9-31(34)22-42-37)48-17-4-15-40(39(48)50)16-20-46(25-40)24-36(49)47-18-13-29(14-19-47)28-5-7-30(8-6-28)38-43-26-45(3)44-38;1-27(2)49-35-11-9-32(22-40-35)37-34-20-33(10-8-31(34)21-41-37)47-19-15-39(25-47)14-18-45(24-39)23-36(48)46-16-12-29(13-17-46)28-4-6-30(7-5-28)38-42-26-44(3)43-38;1-25-19-29(9-14-38-25)34-32-20-31(8-7-30(32)21-39-34)45-18-13-37(36(45)47)12-17-43(23-37)22-33(46)44-15-10-27(11-16-44)26-3-5-28(6-4-26)35-40-24-42(2)41-35/h5-13,21,23,26-27H,4,14-20,22,24-25H2,1-3H3;4-12,20,22,26-27H,13-19,21,23-25H2,1-3H3;3-10,14,19-20,24H,11-13,15-18,21-23H2,1-2H3. The lowest BCUT2D eigenvalue weighted by Crippen LogP contribution is -2.51. The van der Waals surface area contributed by atoms with Crippen LogP contribution in [0.25, 0.3) is 50.9 Å². The Bertz CT molecular complexity index is 7220. The number of amides is 5. The second kappa shape index (κ2) is 41.2. The van der Waals surface area contributed by atoms with Crippen LogP contribution in [-0.2, 0) is 64.7 Å². The van der Waals surface area contributed by atoms with E-state index in [1.165, 1.54) is 55.8 Å². The number of fused-ring (bicyclic) bond motifs is 3. The number of likely N-dealkylation sites (tertiary alicyclic amines) is 3. The molecule has 3 unspecified atom stereocenters. The summed E-state index contributed by atoms with van der Waals surface area (Å²) in [5, 5.41) is 13.2. The molecule has 12 aliphatic rings. The van der Waals surface area contributed by atoms with Crippen molar-refractivity contribution in [1.29, 1.82) is 0 Å². The average molecular weight is 1970 g/mol. The van der Waals surface area contributed by atoms with Gasteiger partial charge in [-0.15, -0.1) is 0 Å². The summed E-state index contributed by atoms with van der Waals surface area (Å²) in [6.45, 7) is 25.3. The average Bonchev–Trinajstić information content (AvgIpc) is 1.62. The number of hydrogen-bond acceptors (Lipinski definition) is 23. The van der Waals surface area contributed by atoms with Crippen LogP contribution in [0.4, 0.5) is 17.1 Å². The van der Waals surface area contributed by atoms with Gasteiger partial charge in [0.25, 0.3) is 0 Å². The largest absolute Gasteiger partial charge is 0.475 e. The Morgan fingerprint density at radius 1 is 0.367 bits per heavy atom. The highest BCUT2D eigenvalue weighted by atomic mass is 16.5. The molecule has 31 heteroatoms. The molecule has 6 fully saturated rings. The third kappa shape index (κ3) is 20.7. The van der Waals surface area contributed by atoms with Crippen molar-refractivity contribution in [1.82, 2.24) is 88.6 Å². The van der Waals surface area contributed by atoms with Crippen LogP contribution in [0.3, 0.4) is 0 Å². The molecule has 0 N–H and O–H groups in total. The van der Waals surface area contributed by atoms with E-state index in [0.29, 0.717) is 122 Å². The third-order valence-corrected chi connectivity index (χ3v) is 31.3. The molecule has 752 valence electrons. The molecular formula is C116H126N24O7. The predicted molar refractivity (Wildman–Crippen MR) is 569 cm³/mol. The Morgan fingerprint density at radius 3 is 1.15 bits per heavy atom. The molecular weight excluding hydrogens is 1840 g/mol. The maximum atomic E-state index is 14.3. The maximum absolute atomic E-state index is 14.3. The first kappa shape index (κ1) is 96.8. The Morgan fingerprint density at radius 2 is 0.748 bits per heavy atom. The minimum absolute atomic E-state index is 0.0569. The summed E-state index contributed by atoms with van der Waals surface area (Å²) in [5.41, 5.74) is 26.6. The number of ether oxygens (including phenoxy) is 2. The Balaban J connectivity index is 0.000000125. The number of aromatic nitrogens is 12. The van der Waals surface area contributed by atoms with Gasteiger partial charge in [-0.2, -0.15) is 15.3 Å². The normalized spacial score (nSPS) is 20.7. The molecule has 6 saturated heterocycles. The first-order chi connectivity index (χ1) is 71.4. The maximum Gasteiger partial charge on any atom is 0.237 e. The van der Waals surface area contributed by atoms with Gasteiger partial charge in [-0.3, -0.25) is 72.7 Å². The quantitative estimate of drug-likeness (QED) is 0.0609. The molecule has 3 atom stereocenters. The van der Waals surface area contributed by atoms with Crippen LogP contribution < -0.4 is 24.2 Å². The van der Waals surface area contributed by atoms with Crippen LogP contribution >= 0.6 is 0 Å². The van der Waals surface area contributed by atoms with Gasteiger partial charge in [0.2, 0.25) is 41.3 Å². The molecule has 6 aromatic carbocycles. The summed E-state index contributed by atoms with van der Waals surface area (Å²) in [6, 6.07) is 56.4. The number of carbonyl (C=O) groups is 5. The summed E-state index contributed by atoms with van der Waals surface area (Å²) in [7, 11) is 5.60. The van der Waals surface area contributed by atoms with Crippen LogP contribution in [0.1, 0.15) is 164 Å². The van der Waals surface area contributed by atoms with Crippen LogP contribution in [0.5, 0.6) is 11.8 Å². The lowest BCUT2D eigenvalue weighted by Gasteiger charge is -2.39. The van der Waals surface area contributed by atoms with Gasteiger partial charge in [0.15, 0.2) is 17.5 Å². The number of rotatable bonds is 22. The van der Waals surface area contributed by atoms with Crippen molar-refractivity contribution in [2.24, 2.45) is 52.4 Å². The Labute approximate surface area is 857 Å². The number of hydrogen-bond donors (Lipinski definition) is 0. The number of benzene rings is 6. The van der Waals surface area contributed by atoms with E-state index < -0.39 is 10.8 Å². The zero-order valence-corrected chi connectivity index (χ0v) is 85.2. The molecule has 18 heterocycles. The summed E-state index contributed by atoms with van der Waals surface area (Å²) in [6.07, 6.45) is 26.3. The number of aliphatic imine (C=N–C) groups is 3. The zero-order valence-electron chi connectivity index (χ0n) is 85.2. The summed E-state index contributed by atoms with van der Waals surface area (Å²) < 4.78 is 16.6. The topological polar surface area (TPSA) is 301 Å². The number of piperidine rings is 1. The smallest absolute Gasteiger partial charge is 0.237 e.